The Labute approximate surface area is 67.3 Å². The normalized spacial score (nSPS) is 46.4. The van der Waals surface area contributed by atoms with E-state index in [1.165, 1.54) is 12.8 Å². The van der Waals surface area contributed by atoms with Crippen LogP contribution in [0.15, 0.2) is 12.2 Å². The first-order valence-corrected chi connectivity index (χ1v) is 4.53. The summed E-state index contributed by atoms with van der Waals surface area (Å²) in [6, 6.07) is 0. The van der Waals surface area contributed by atoms with E-state index in [2.05, 4.69) is 19.1 Å². The van der Waals surface area contributed by atoms with Gasteiger partial charge in [-0.2, -0.15) is 0 Å². The first-order chi connectivity index (χ1) is 4.77. The summed E-state index contributed by atoms with van der Waals surface area (Å²) in [7, 11) is 0. The SMILES string of the molecule is CC(Cl)[C@@H]1CC2C=CC1C2. The van der Waals surface area contributed by atoms with Gasteiger partial charge in [0.15, 0.2) is 0 Å². The highest BCUT2D eigenvalue weighted by Gasteiger charge is 2.37. The van der Waals surface area contributed by atoms with Gasteiger partial charge in [-0.1, -0.05) is 12.2 Å². The van der Waals surface area contributed by atoms with Crippen LogP contribution in [0.4, 0.5) is 0 Å². The molecule has 10 heavy (non-hydrogen) atoms. The molecule has 3 unspecified atom stereocenters. The second-order valence-electron chi connectivity index (χ2n) is 3.62. The second kappa shape index (κ2) is 2.27. The molecule has 2 aliphatic rings. The van der Waals surface area contributed by atoms with Crippen LogP contribution in [0, 0.1) is 17.8 Å². The molecular formula is C9H13Cl. The number of alkyl halides is 1. The van der Waals surface area contributed by atoms with Crippen molar-refractivity contribution in [3.05, 3.63) is 12.2 Å². The minimum Gasteiger partial charge on any atom is -0.123 e. The molecule has 2 rings (SSSR count). The second-order valence-corrected chi connectivity index (χ2v) is 4.31. The Kier molecular flexibility index (Phi) is 1.52. The molecule has 0 aliphatic heterocycles. The number of halogens is 1. The minimum absolute atomic E-state index is 0.375. The predicted octanol–water partition coefficient (Wildman–Crippen LogP) is 2.83. The van der Waals surface area contributed by atoms with E-state index in [9.17, 15) is 0 Å². The van der Waals surface area contributed by atoms with Gasteiger partial charge >= 0.3 is 0 Å². The van der Waals surface area contributed by atoms with Crippen LogP contribution in [0.3, 0.4) is 0 Å². The summed E-state index contributed by atoms with van der Waals surface area (Å²) in [5.74, 6) is 2.46. The molecule has 0 N–H and O–H groups in total. The maximum absolute atomic E-state index is 6.04. The van der Waals surface area contributed by atoms with E-state index in [1.807, 2.05) is 0 Å². The Morgan fingerprint density at radius 1 is 1.40 bits per heavy atom. The summed E-state index contributed by atoms with van der Waals surface area (Å²) in [4.78, 5) is 0. The smallest absolute Gasteiger partial charge is 0.0341 e. The summed E-state index contributed by atoms with van der Waals surface area (Å²) in [5, 5.41) is 0.375. The van der Waals surface area contributed by atoms with Crippen LogP contribution in [-0.4, -0.2) is 5.38 Å². The number of allylic oxidation sites excluding steroid dienone is 2. The quantitative estimate of drug-likeness (QED) is 0.405. The van der Waals surface area contributed by atoms with Crippen LogP contribution >= 0.6 is 11.6 Å². The molecular weight excluding hydrogens is 144 g/mol. The average Bonchev–Trinajstić information content (AvgIpc) is 2.44. The fourth-order valence-corrected chi connectivity index (χ4v) is 2.64. The Morgan fingerprint density at radius 3 is 2.50 bits per heavy atom. The third kappa shape index (κ3) is 0.897. The van der Waals surface area contributed by atoms with Gasteiger partial charge in [-0.25, -0.2) is 0 Å². The molecule has 0 aromatic rings. The molecule has 1 saturated carbocycles. The van der Waals surface area contributed by atoms with E-state index < -0.39 is 0 Å². The maximum Gasteiger partial charge on any atom is 0.0341 e. The molecule has 0 amide bonds. The molecule has 4 atom stereocenters. The standard InChI is InChI=1S/C9H13Cl/c1-6(10)9-5-7-2-3-8(9)4-7/h2-3,6-9H,4-5H2,1H3/t6?,7?,8?,9-/m0/s1. The molecule has 0 heterocycles. The van der Waals surface area contributed by atoms with Crippen molar-refractivity contribution < 1.29 is 0 Å². The molecule has 0 aromatic carbocycles. The zero-order valence-electron chi connectivity index (χ0n) is 6.26. The molecule has 1 heteroatoms. The van der Waals surface area contributed by atoms with E-state index >= 15 is 0 Å². The van der Waals surface area contributed by atoms with Gasteiger partial charge in [0.2, 0.25) is 0 Å². The van der Waals surface area contributed by atoms with Crippen LogP contribution in [0.25, 0.3) is 0 Å². The number of hydrogen-bond acceptors (Lipinski definition) is 0. The number of fused-ring (bicyclic) bond motifs is 2. The zero-order chi connectivity index (χ0) is 7.14. The molecule has 2 bridgehead atoms. The lowest BCUT2D eigenvalue weighted by atomic mass is 9.91. The fourth-order valence-electron chi connectivity index (χ4n) is 2.35. The van der Waals surface area contributed by atoms with E-state index in [-0.39, 0.29) is 0 Å². The largest absolute Gasteiger partial charge is 0.123 e. The van der Waals surface area contributed by atoms with Crippen LogP contribution in [-0.2, 0) is 0 Å². The van der Waals surface area contributed by atoms with Crippen molar-refractivity contribution in [2.75, 3.05) is 0 Å². The van der Waals surface area contributed by atoms with Crippen LogP contribution in [0.2, 0.25) is 0 Å². The maximum atomic E-state index is 6.04. The minimum atomic E-state index is 0.375. The van der Waals surface area contributed by atoms with Gasteiger partial charge in [0, 0.05) is 5.38 Å². The van der Waals surface area contributed by atoms with Crippen molar-refractivity contribution in [1.82, 2.24) is 0 Å². The van der Waals surface area contributed by atoms with Gasteiger partial charge in [-0.05, 0) is 37.5 Å². The van der Waals surface area contributed by atoms with Gasteiger partial charge in [0.25, 0.3) is 0 Å². The number of hydrogen-bond donors (Lipinski definition) is 0. The highest BCUT2D eigenvalue weighted by Crippen LogP contribution is 2.45. The van der Waals surface area contributed by atoms with E-state index in [0.717, 1.165) is 17.8 Å². The molecule has 56 valence electrons. The van der Waals surface area contributed by atoms with Crippen LogP contribution in [0.5, 0.6) is 0 Å². The van der Waals surface area contributed by atoms with Gasteiger partial charge in [0.1, 0.15) is 0 Å². The highest BCUT2D eigenvalue weighted by atomic mass is 35.5. The lowest BCUT2D eigenvalue weighted by Crippen LogP contribution is -2.15. The summed E-state index contributed by atoms with van der Waals surface area (Å²) in [6.45, 7) is 2.13. The summed E-state index contributed by atoms with van der Waals surface area (Å²) in [5.41, 5.74) is 0. The topological polar surface area (TPSA) is 0 Å². The molecule has 0 nitrogen and oxygen atoms in total. The Bertz CT molecular complexity index is 160. The van der Waals surface area contributed by atoms with Gasteiger partial charge in [0.05, 0.1) is 0 Å². The molecule has 0 radical (unpaired) electrons. The summed E-state index contributed by atoms with van der Waals surface area (Å²) >= 11 is 6.04. The highest BCUT2D eigenvalue weighted by molar-refractivity contribution is 6.20. The predicted molar refractivity (Wildman–Crippen MR) is 44.2 cm³/mol. The monoisotopic (exact) mass is 156 g/mol. The molecule has 1 fully saturated rings. The lowest BCUT2D eigenvalue weighted by Gasteiger charge is -2.19. The Balaban J connectivity index is 2.09. The Hall–Kier alpha value is 0.0300. The van der Waals surface area contributed by atoms with Gasteiger partial charge in [-0.15, -0.1) is 11.6 Å². The molecule has 2 aliphatic carbocycles. The first-order valence-electron chi connectivity index (χ1n) is 4.10. The molecule has 0 spiro atoms. The third-order valence-electron chi connectivity index (χ3n) is 2.92. The summed E-state index contributed by atoms with van der Waals surface area (Å²) in [6.07, 6.45) is 7.44. The number of rotatable bonds is 1. The third-order valence-corrected chi connectivity index (χ3v) is 3.24. The average molecular weight is 157 g/mol. The first kappa shape index (κ1) is 6.72. The van der Waals surface area contributed by atoms with Crippen molar-refractivity contribution in [3.8, 4) is 0 Å². The van der Waals surface area contributed by atoms with Crippen LogP contribution < -0.4 is 0 Å². The van der Waals surface area contributed by atoms with E-state index in [4.69, 9.17) is 11.6 Å². The van der Waals surface area contributed by atoms with Crippen molar-refractivity contribution in [2.45, 2.75) is 25.1 Å². The van der Waals surface area contributed by atoms with Crippen molar-refractivity contribution >= 4 is 11.6 Å². The Morgan fingerprint density at radius 2 is 2.20 bits per heavy atom. The van der Waals surface area contributed by atoms with E-state index in [0.29, 0.717) is 5.38 Å². The fraction of sp³-hybridized carbons (Fsp3) is 0.778. The zero-order valence-corrected chi connectivity index (χ0v) is 7.01. The van der Waals surface area contributed by atoms with Crippen molar-refractivity contribution in [3.63, 3.8) is 0 Å². The van der Waals surface area contributed by atoms with Crippen molar-refractivity contribution in [1.29, 1.82) is 0 Å². The van der Waals surface area contributed by atoms with Crippen LogP contribution in [0.1, 0.15) is 19.8 Å². The van der Waals surface area contributed by atoms with Gasteiger partial charge in [-0.3, -0.25) is 0 Å². The van der Waals surface area contributed by atoms with Gasteiger partial charge < -0.3 is 0 Å². The van der Waals surface area contributed by atoms with E-state index in [1.54, 1.807) is 0 Å². The van der Waals surface area contributed by atoms with Crippen molar-refractivity contribution in [2.24, 2.45) is 17.8 Å². The lowest BCUT2D eigenvalue weighted by molar-refractivity contribution is 0.441. The molecule has 0 aromatic heterocycles. The molecule has 0 saturated heterocycles. The summed E-state index contributed by atoms with van der Waals surface area (Å²) < 4.78 is 0.